The fraction of sp³-hybridized carbons (Fsp3) is 0.105. The first kappa shape index (κ1) is 17.1. The summed E-state index contributed by atoms with van der Waals surface area (Å²) in [4.78, 5) is 14.5. The fourth-order valence-corrected chi connectivity index (χ4v) is 4.18. The summed E-state index contributed by atoms with van der Waals surface area (Å²) in [6.07, 6.45) is 0. The van der Waals surface area contributed by atoms with E-state index in [0.29, 0.717) is 10.8 Å². The van der Waals surface area contributed by atoms with Gasteiger partial charge in [-0.25, -0.2) is 0 Å². The van der Waals surface area contributed by atoms with E-state index >= 15 is 0 Å². The lowest BCUT2D eigenvalue weighted by Crippen LogP contribution is -2.30. The van der Waals surface area contributed by atoms with E-state index in [-0.39, 0.29) is 11.9 Å². The molecule has 1 aromatic heterocycles. The van der Waals surface area contributed by atoms with Gasteiger partial charge in [0.1, 0.15) is 0 Å². The molecule has 0 unspecified atom stereocenters. The molecule has 1 amide bonds. The highest BCUT2D eigenvalue weighted by Gasteiger charge is 2.17. The molecular formula is C19H16ClNOS2. The minimum absolute atomic E-state index is 0.0119. The van der Waals surface area contributed by atoms with Gasteiger partial charge >= 0.3 is 0 Å². The summed E-state index contributed by atoms with van der Waals surface area (Å²) >= 11 is 9.23. The van der Waals surface area contributed by atoms with Gasteiger partial charge in [-0.2, -0.15) is 0 Å². The van der Waals surface area contributed by atoms with E-state index in [9.17, 15) is 4.79 Å². The number of halogens is 1. The summed E-state index contributed by atoms with van der Waals surface area (Å²) in [5, 5.41) is 5.83. The van der Waals surface area contributed by atoms with Crippen LogP contribution in [0, 0.1) is 0 Å². The monoisotopic (exact) mass is 373 g/mol. The van der Waals surface area contributed by atoms with Crippen molar-refractivity contribution in [1.29, 1.82) is 0 Å². The van der Waals surface area contributed by atoms with Crippen LogP contribution in [0.4, 0.5) is 0 Å². The summed E-state index contributed by atoms with van der Waals surface area (Å²) in [5.74, 6) is 0.320. The van der Waals surface area contributed by atoms with Crippen LogP contribution in [-0.2, 0) is 4.79 Å². The van der Waals surface area contributed by atoms with Crippen LogP contribution in [0.15, 0.2) is 77.0 Å². The molecule has 0 radical (unpaired) electrons. The maximum Gasteiger partial charge on any atom is 0.231 e. The molecule has 3 rings (SSSR count). The van der Waals surface area contributed by atoms with E-state index in [0.717, 1.165) is 15.3 Å². The highest BCUT2D eigenvalue weighted by molar-refractivity contribution is 8.00. The number of thiophene rings is 1. The van der Waals surface area contributed by atoms with Crippen LogP contribution in [0.3, 0.4) is 0 Å². The molecule has 24 heavy (non-hydrogen) atoms. The van der Waals surface area contributed by atoms with E-state index in [1.807, 2.05) is 72.1 Å². The lowest BCUT2D eigenvalue weighted by molar-refractivity contribution is -0.119. The predicted octanol–water partition coefficient (Wildman–Crippen LogP) is 5.40. The Bertz CT molecular complexity index is 790. The molecule has 0 saturated carbocycles. The normalized spacial score (nSPS) is 11.9. The first-order valence-corrected chi connectivity index (χ1v) is 9.73. The molecule has 0 aliphatic carbocycles. The number of carbonyl (C=O) groups excluding carboxylic acids is 1. The Hall–Kier alpha value is -1.75. The molecule has 0 aliphatic heterocycles. The highest BCUT2D eigenvalue weighted by atomic mass is 35.5. The van der Waals surface area contributed by atoms with Gasteiger partial charge in [-0.15, -0.1) is 23.1 Å². The molecule has 0 bridgehead atoms. The van der Waals surface area contributed by atoms with E-state index in [2.05, 4.69) is 5.32 Å². The van der Waals surface area contributed by atoms with E-state index in [1.165, 1.54) is 11.8 Å². The quantitative estimate of drug-likeness (QED) is 0.586. The summed E-state index contributed by atoms with van der Waals surface area (Å²) in [5.41, 5.74) is 1.08. The minimum atomic E-state index is -0.120. The van der Waals surface area contributed by atoms with Gasteiger partial charge in [0.2, 0.25) is 5.91 Å². The molecule has 2 aromatic carbocycles. The predicted molar refractivity (Wildman–Crippen MR) is 103 cm³/mol. The Morgan fingerprint density at radius 3 is 2.50 bits per heavy atom. The SMILES string of the molecule is O=C(CSc1ccccc1Cl)N[C@@H](c1ccccc1)c1cccs1. The Morgan fingerprint density at radius 1 is 1.04 bits per heavy atom. The summed E-state index contributed by atoms with van der Waals surface area (Å²) < 4.78 is 0. The molecule has 1 heterocycles. The summed E-state index contributed by atoms with van der Waals surface area (Å²) in [6.45, 7) is 0. The van der Waals surface area contributed by atoms with Crippen molar-refractivity contribution in [2.45, 2.75) is 10.9 Å². The number of hydrogen-bond acceptors (Lipinski definition) is 3. The average molecular weight is 374 g/mol. The third kappa shape index (κ3) is 4.41. The van der Waals surface area contributed by atoms with E-state index < -0.39 is 0 Å². The number of carbonyl (C=O) groups is 1. The number of thioether (sulfide) groups is 1. The molecule has 1 atom stereocenters. The molecule has 0 saturated heterocycles. The van der Waals surface area contributed by atoms with Crippen molar-refractivity contribution in [3.05, 3.63) is 87.6 Å². The van der Waals surface area contributed by atoms with Crippen LogP contribution in [0.5, 0.6) is 0 Å². The third-order valence-electron chi connectivity index (χ3n) is 3.46. The standard InChI is InChI=1S/C19H16ClNOS2/c20-15-9-4-5-10-16(15)24-13-18(22)21-19(17-11-6-12-23-17)14-7-2-1-3-8-14/h1-12,19H,13H2,(H,21,22)/t19-/m0/s1. The Balaban J connectivity index is 1.69. The second kappa shape index (κ2) is 8.38. The fourth-order valence-electron chi connectivity index (χ4n) is 2.33. The number of rotatable bonds is 6. The Labute approximate surface area is 154 Å². The van der Waals surface area contributed by atoms with Gasteiger partial charge in [0.25, 0.3) is 0 Å². The van der Waals surface area contributed by atoms with Crippen molar-refractivity contribution in [2.24, 2.45) is 0 Å². The van der Waals surface area contributed by atoms with Crippen LogP contribution in [-0.4, -0.2) is 11.7 Å². The Morgan fingerprint density at radius 2 is 1.79 bits per heavy atom. The van der Waals surface area contributed by atoms with Gasteiger partial charge in [0.05, 0.1) is 16.8 Å². The van der Waals surface area contributed by atoms with Crippen molar-refractivity contribution < 1.29 is 4.79 Å². The van der Waals surface area contributed by atoms with Gasteiger partial charge in [-0.3, -0.25) is 4.79 Å². The van der Waals surface area contributed by atoms with Crippen LogP contribution >= 0.6 is 34.7 Å². The van der Waals surface area contributed by atoms with Crippen molar-refractivity contribution in [3.63, 3.8) is 0 Å². The van der Waals surface area contributed by atoms with Crippen LogP contribution in [0.2, 0.25) is 5.02 Å². The number of nitrogens with one attached hydrogen (secondary N) is 1. The number of benzene rings is 2. The van der Waals surface area contributed by atoms with Crippen LogP contribution < -0.4 is 5.32 Å². The van der Waals surface area contributed by atoms with Gasteiger partial charge < -0.3 is 5.32 Å². The number of amides is 1. The molecule has 0 fully saturated rings. The first-order valence-electron chi connectivity index (χ1n) is 7.49. The summed E-state index contributed by atoms with van der Waals surface area (Å²) in [7, 11) is 0. The summed E-state index contributed by atoms with van der Waals surface area (Å²) in [6, 6.07) is 21.5. The maximum absolute atomic E-state index is 12.4. The van der Waals surface area contributed by atoms with Gasteiger partial charge in [0, 0.05) is 9.77 Å². The smallest absolute Gasteiger partial charge is 0.231 e. The molecule has 3 aromatic rings. The molecule has 0 aliphatic rings. The van der Waals surface area contributed by atoms with Gasteiger partial charge in [-0.05, 0) is 29.1 Å². The van der Waals surface area contributed by atoms with E-state index in [4.69, 9.17) is 11.6 Å². The van der Waals surface area contributed by atoms with Crippen molar-refractivity contribution in [3.8, 4) is 0 Å². The second-order valence-electron chi connectivity index (χ2n) is 5.15. The van der Waals surface area contributed by atoms with Crippen LogP contribution in [0.25, 0.3) is 0 Å². The zero-order valence-electron chi connectivity index (χ0n) is 12.8. The zero-order valence-corrected chi connectivity index (χ0v) is 15.2. The average Bonchev–Trinajstić information content (AvgIpc) is 3.14. The van der Waals surface area contributed by atoms with Gasteiger partial charge in [0.15, 0.2) is 0 Å². The van der Waals surface area contributed by atoms with Crippen LogP contribution in [0.1, 0.15) is 16.5 Å². The second-order valence-corrected chi connectivity index (χ2v) is 7.55. The lowest BCUT2D eigenvalue weighted by Gasteiger charge is -2.18. The van der Waals surface area contributed by atoms with Crippen molar-refractivity contribution in [2.75, 3.05) is 5.75 Å². The molecule has 5 heteroatoms. The zero-order chi connectivity index (χ0) is 16.8. The molecule has 122 valence electrons. The molecule has 1 N–H and O–H groups in total. The lowest BCUT2D eigenvalue weighted by atomic mass is 10.1. The minimum Gasteiger partial charge on any atom is -0.344 e. The molecule has 0 spiro atoms. The van der Waals surface area contributed by atoms with E-state index in [1.54, 1.807) is 11.3 Å². The molecule has 2 nitrogen and oxygen atoms in total. The Kier molecular flexibility index (Phi) is 5.96. The maximum atomic E-state index is 12.4. The highest BCUT2D eigenvalue weighted by Crippen LogP contribution is 2.28. The van der Waals surface area contributed by atoms with Gasteiger partial charge in [-0.1, -0.05) is 60.1 Å². The largest absolute Gasteiger partial charge is 0.344 e. The third-order valence-corrected chi connectivity index (χ3v) is 5.91. The topological polar surface area (TPSA) is 29.1 Å². The first-order chi connectivity index (χ1) is 11.7. The number of hydrogen-bond donors (Lipinski definition) is 1. The molecular weight excluding hydrogens is 358 g/mol. The van der Waals surface area contributed by atoms with Crippen molar-refractivity contribution >= 4 is 40.6 Å². The van der Waals surface area contributed by atoms with Crippen molar-refractivity contribution in [1.82, 2.24) is 5.32 Å².